The molecule has 0 saturated heterocycles. The van der Waals surface area contributed by atoms with E-state index in [1.807, 2.05) is 55.5 Å². The number of hydrogen-bond acceptors (Lipinski definition) is 4. The Kier molecular flexibility index (Phi) is 5.05. The minimum absolute atomic E-state index is 0.0943. The molecule has 0 unspecified atom stereocenters. The molecule has 6 heteroatoms. The van der Waals surface area contributed by atoms with Crippen LogP contribution in [0.15, 0.2) is 57.4 Å². The zero-order chi connectivity index (χ0) is 16.9. The van der Waals surface area contributed by atoms with E-state index in [0.29, 0.717) is 18.2 Å². The summed E-state index contributed by atoms with van der Waals surface area (Å²) >= 11 is 3.37. The largest absolute Gasteiger partial charge is 0.421 e. The molecular weight excluding hydrogens is 370 g/mol. The molecule has 0 saturated carbocycles. The summed E-state index contributed by atoms with van der Waals surface area (Å²) < 4.78 is 6.54. The molecule has 1 aromatic heterocycles. The van der Waals surface area contributed by atoms with Crippen LogP contribution in [0.1, 0.15) is 17.9 Å². The second-order valence-corrected chi connectivity index (χ2v) is 6.34. The SMILES string of the molecule is Cc1ccc(-c2nnc(CCC(=O)Nc3cccc(Br)c3)o2)cc1. The van der Waals surface area contributed by atoms with Gasteiger partial charge in [0.25, 0.3) is 0 Å². The monoisotopic (exact) mass is 385 g/mol. The molecule has 1 N–H and O–H groups in total. The second-order valence-electron chi connectivity index (χ2n) is 5.43. The van der Waals surface area contributed by atoms with Gasteiger partial charge in [-0.05, 0) is 37.3 Å². The third-order valence-corrected chi connectivity index (χ3v) is 3.93. The summed E-state index contributed by atoms with van der Waals surface area (Å²) in [7, 11) is 0. The average Bonchev–Trinajstić information content (AvgIpc) is 3.03. The van der Waals surface area contributed by atoms with E-state index >= 15 is 0 Å². The fourth-order valence-corrected chi connectivity index (χ4v) is 2.58. The van der Waals surface area contributed by atoms with E-state index in [2.05, 4.69) is 31.4 Å². The van der Waals surface area contributed by atoms with Gasteiger partial charge in [0.15, 0.2) is 0 Å². The van der Waals surface area contributed by atoms with Crippen LogP contribution in [0.2, 0.25) is 0 Å². The molecule has 0 aliphatic heterocycles. The van der Waals surface area contributed by atoms with Crippen LogP contribution in [-0.4, -0.2) is 16.1 Å². The first-order valence-corrected chi connectivity index (χ1v) is 8.34. The number of aromatic nitrogens is 2. The normalized spacial score (nSPS) is 10.6. The summed E-state index contributed by atoms with van der Waals surface area (Å²) in [6.07, 6.45) is 0.681. The first-order valence-electron chi connectivity index (χ1n) is 7.55. The molecule has 0 bridgehead atoms. The second kappa shape index (κ2) is 7.40. The summed E-state index contributed by atoms with van der Waals surface area (Å²) in [5.41, 5.74) is 2.79. The van der Waals surface area contributed by atoms with Crippen LogP contribution in [0.4, 0.5) is 5.69 Å². The maximum Gasteiger partial charge on any atom is 0.247 e. The molecule has 2 aromatic carbocycles. The lowest BCUT2D eigenvalue weighted by molar-refractivity contribution is -0.116. The molecule has 1 amide bonds. The van der Waals surface area contributed by atoms with Crippen molar-refractivity contribution in [3.05, 3.63) is 64.5 Å². The first-order chi connectivity index (χ1) is 11.6. The van der Waals surface area contributed by atoms with E-state index in [9.17, 15) is 4.79 Å². The molecule has 1 heterocycles. The molecule has 0 aliphatic rings. The van der Waals surface area contributed by atoms with Crippen LogP contribution >= 0.6 is 15.9 Å². The minimum atomic E-state index is -0.0943. The third kappa shape index (κ3) is 4.29. The van der Waals surface area contributed by atoms with Gasteiger partial charge in [0, 0.05) is 28.6 Å². The van der Waals surface area contributed by atoms with Crippen molar-refractivity contribution in [3.63, 3.8) is 0 Å². The Morgan fingerprint density at radius 2 is 1.96 bits per heavy atom. The molecule has 0 aliphatic carbocycles. The maximum atomic E-state index is 12.0. The van der Waals surface area contributed by atoms with Crippen molar-refractivity contribution in [2.45, 2.75) is 19.8 Å². The fraction of sp³-hybridized carbons (Fsp3) is 0.167. The molecule has 0 atom stereocenters. The van der Waals surface area contributed by atoms with E-state index < -0.39 is 0 Å². The van der Waals surface area contributed by atoms with E-state index in [0.717, 1.165) is 15.7 Å². The number of carbonyl (C=O) groups is 1. The third-order valence-electron chi connectivity index (χ3n) is 3.44. The van der Waals surface area contributed by atoms with E-state index in [-0.39, 0.29) is 12.3 Å². The molecule has 3 rings (SSSR count). The Balaban J connectivity index is 1.57. The minimum Gasteiger partial charge on any atom is -0.421 e. The van der Waals surface area contributed by atoms with Gasteiger partial charge in [0.05, 0.1) is 0 Å². The highest BCUT2D eigenvalue weighted by Gasteiger charge is 2.10. The van der Waals surface area contributed by atoms with Gasteiger partial charge >= 0.3 is 0 Å². The predicted octanol–water partition coefficient (Wildman–Crippen LogP) is 4.38. The van der Waals surface area contributed by atoms with Gasteiger partial charge < -0.3 is 9.73 Å². The van der Waals surface area contributed by atoms with E-state index in [4.69, 9.17) is 4.42 Å². The lowest BCUT2D eigenvalue weighted by atomic mass is 10.1. The lowest BCUT2D eigenvalue weighted by Gasteiger charge is -2.04. The Bertz CT molecular complexity index is 843. The molecule has 3 aromatic rings. The van der Waals surface area contributed by atoms with Crippen LogP contribution < -0.4 is 5.32 Å². The zero-order valence-electron chi connectivity index (χ0n) is 13.1. The molecule has 0 fully saturated rings. The number of halogens is 1. The van der Waals surface area contributed by atoms with Crippen LogP contribution in [0.3, 0.4) is 0 Å². The predicted molar refractivity (Wildman–Crippen MR) is 95.6 cm³/mol. The number of hydrogen-bond donors (Lipinski definition) is 1. The summed E-state index contributed by atoms with van der Waals surface area (Å²) in [6, 6.07) is 15.3. The highest BCUT2D eigenvalue weighted by molar-refractivity contribution is 9.10. The summed E-state index contributed by atoms with van der Waals surface area (Å²) in [6.45, 7) is 2.02. The van der Waals surface area contributed by atoms with Crippen molar-refractivity contribution in [1.29, 1.82) is 0 Å². The van der Waals surface area contributed by atoms with Gasteiger partial charge in [-0.15, -0.1) is 10.2 Å². The van der Waals surface area contributed by atoms with Crippen molar-refractivity contribution >= 4 is 27.5 Å². The molecule has 24 heavy (non-hydrogen) atoms. The standard InChI is InChI=1S/C18H16BrN3O2/c1-12-5-7-13(8-6-12)18-22-21-17(24-18)10-9-16(23)20-15-4-2-3-14(19)11-15/h2-8,11H,9-10H2,1H3,(H,20,23). The van der Waals surface area contributed by atoms with Gasteiger partial charge in [-0.2, -0.15) is 0 Å². The number of carbonyl (C=O) groups excluding carboxylic acids is 1. The van der Waals surface area contributed by atoms with Crippen molar-refractivity contribution in [2.24, 2.45) is 0 Å². The molecule has 5 nitrogen and oxygen atoms in total. The van der Waals surface area contributed by atoms with Gasteiger partial charge in [-0.3, -0.25) is 4.79 Å². The number of amides is 1. The maximum absolute atomic E-state index is 12.0. The van der Waals surface area contributed by atoms with Crippen LogP contribution in [0, 0.1) is 6.92 Å². The van der Waals surface area contributed by atoms with Crippen molar-refractivity contribution in [2.75, 3.05) is 5.32 Å². The summed E-state index contributed by atoms with van der Waals surface area (Å²) in [5.74, 6) is 0.829. The van der Waals surface area contributed by atoms with Gasteiger partial charge in [-0.1, -0.05) is 39.7 Å². The summed E-state index contributed by atoms with van der Waals surface area (Å²) in [5, 5.41) is 10.9. The number of anilines is 1. The van der Waals surface area contributed by atoms with Gasteiger partial charge in [0.2, 0.25) is 17.7 Å². The van der Waals surface area contributed by atoms with Crippen LogP contribution in [0.5, 0.6) is 0 Å². The van der Waals surface area contributed by atoms with Gasteiger partial charge in [0.1, 0.15) is 0 Å². The van der Waals surface area contributed by atoms with Crippen molar-refractivity contribution < 1.29 is 9.21 Å². The zero-order valence-corrected chi connectivity index (χ0v) is 14.7. The van der Waals surface area contributed by atoms with Crippen molar-refractivity contribution in [1.82, 2.24) is 10.2 Å². The molecular formula is C18H16BrN3O2. The van der Waals surface area contributed by atoms with E-state index in [1.165, 1.54) is 5.56 Å². The quantitative estimate of drug-likeness (QED) is 0.707. The van der Waals surface area contributed by atoms with Crippen molar-refractivity contribution in [3.8, 4) is 11.5 Å². The number of nitrogens with one attached hydrogen (secondary N) is 1. The Hall–Kier alpha value is -2.47. The highest BCUT2D eigenvalue weighted by Crippen LogP contribution is 2.19. The average molecular weight is 386 g/mol. The number of rotatable bonds is 5. The number of benzene rings is 2. The highest BCUT2D eigenvalue weighted by atomic mass is 79.9. The van der Waals surface area contributed by atoms with E-state index in [1.54, 1.807) is 0 Å². The number of aryl methyl sites for hydroxylation is 2. The lowest BCUT2D eigenvalue weighted by Crippen LogP contribution is -2.12. The first kappa shape index (κ1) is 16.4. The Morgan fingerprint density at radius 1 is 1.17 bits per heavy atom. The smallest absolute Gasteiger partial charge is 0.247 e. The molecule has 0 spiro atoms. The fourth-order valence-electron chi connectivity index (χ4n) is 2.18. The number of nitrogens with zero attached hydrogens (tertiary/aromatic N) is 2. The van der Waals surface area contributed by atoms with Gasteiger partial charge in [-0.25, -0.2) is 0 Å². The topological polar surface area (TPSA) is 68.0 Å². The summed E-state index contributed by atoms with van der Waals surface area (Å²) in [4.78, 5) is 12.0. The Morgan fingerprint density at radius 3 is 2.71 bits per heavy atom. The Labute approximate surface area is 148 Å². The van der Waals surface area contributed by atoms with Crippen LogP contribution in [-0.2, 0) is 11.2 Å². The van der Waals surface area contributed by atoms with Crippen LogP contribution in [0.25, 0.3) is 11.5 Å². The molecule has 122 valence electrons. The molecule has 0 radical (unpaired) electrons.